The molecule has 30 heavy (non-hydrogen) atoms. The van der Waals surface area contributed by atoms with Gasteiger partial charge in [0.25, 0.3) is 5.89 Å². The first-order valence-corrected chi connectivity index (χ1v) is 10.9. The van der Waals surface area contributed by atoms with Gasteiger partial charge < -0.3 is 14.7 Å². The summed E-state index contributed by atoms with van der Waals surface area (Å²) in [5, 5.41) is 26.7. The van der Waals surface area contributed by atoms with Crippen molar-refractivity contribution in [3.05, 3.63) is 96.7 Å². The Bertz CT molecular complexity index is 1180. The smallest absolute Gasteiger partial charge is 0.268 e. The van der Waals surface area contributed by atoms with Crippen molar-refractivity contribution in [1.29, 1.82) is 0 Å². The Labute approximate surface area is 198 Å². The van der Waals surface area contributed by atoms with Crippen molar-refractivity contribution in [2.45, 2.75) is 5.60 Å². The van der Waals surface area contributed by atoms with Crippen molar-refractivity contribution in [2.75, 3.05) is 0 Å². The maximum absolute atomic E-state index is 11.8. The molecule has 2 N–H and O–H groups in total. The molecule has 0 bridgehead atoms. The first kappa shape index (κ1) is 21.3. The number of rotatable bonds is 4. The zero-order chi connectivity index (χ0) is 21.5. The molecule has 9 heteroatoms. The highest BCUT2D eigenvalue weighted by molar-refractivity contribution is 9.11. The van der Waals surface area contributed by atoms with Crippen molar-refractivity contribution < 1.29 is 14.7 Å². The number of phenols is 1. The second kappa shape index (κ2) is 8.32. The molecule has 0 spiro atoms. The van der Waals surface area contributed by atoms with E-state index in [-0.39, 0.29) is 17.5 Å². The maximum Gasteiger partial charge on any atom is 0.268 e. The van der Waals surface area contributed by atoms with E-state index in [0.29, 0.717) is 35.7 Å². The van der Waals surface area contributed by atoms with Crippen LogP contribution >= 0.6 is 55.1 Å². The summed E-state index contributed by atoms with van der Waals surface area (Å²) in [6.07, 6.45) is 0. The van der Waals surface area contributed by atoms with E-state index < -0.39 is 5.60 Å². The van der Waals surface area contributed by atoms with Gasteiger partial charge in [-0.25, -0.2) is 0 Å². The van der Waals surface area contributed by atoms with Crippen molar-refractivity contribution in [3.63, 3.8) is 0 Å². The lowest BCUT2D eigenvalue weighted by atomic mass is 9.86. The lowest BCUT2D eigenvalue weighted by molar-refractivity contribution is 0.0850. The van der Waals surface area contributed by atoms with Crippen LogP contribution in [0.5, 0.6) is 5.75 Å². The maximum atomic E-state index is 11.8. The van der Waals surface area contributed by atoms with Gasteiger partial charge in [0, 0.05) is 15.6 Å². The predicted molar refractivity (Wildman–Crippen MR) is 122 cm³/mol. The van der Waals surface area contributed by atoms with E-state index in [1.54, 1.807) is 60.7 Å². The van der Waals surface area contributed by atoms with E-state index in [9.17, 15) is 10.2 Å². The third-order valence-electron chi connectivity index (χ3n) is 4.50. The Balaban J connectivity index is 1.89. The van der Waals surface area contributed by atoms with Gasteiger partial charge in [-0.05, 0) is 79.4 Å². The molecule has 0 aliphatic rings. The van der Waals surface area contributed by atoms with Crippen LogP contribution in [0, 0.1) is 0 Å². The Hall–Kier alpha value is -1.90. The molecule has 0 amide bonds. The monoisotopic (exact) mass is 568 g/mol. The predicted octanol–water partition coefficient (Wildman–Crippen LogP) is 6.56. The second-order valence-corrected chi connectivity index (χ2v) is 9.02. The molecule has 0 unspecified atom stereocenters. The first-order valence-electron chi connectivity index (χ1n) is 8.56. The number of aromatic nitrogens is 2. The lowest BCUT2D eigenvalue weighted by Gasteiger charge is -2.25. The number of hydrogen-bond acceptors (Lipinski definition) is 5. The number of hydrogen-bond donors (Lipinski definition) is 2. The molecule has 0 atom stereocenters. The van der Waals surface area contributed by atoms with Gasteiger partial charge in [0.05, 0.1) is 8.95 Å². The third-order valence-corrected chi connectivity index (χ3v) is 6.17. The fraction of sp³-hybridized carbons (Fsp3) is 0.0476. The van der Waals surface area contributed by atoms with E-state index >= 15 is 0 Å². The highest BCUT2D eigenvalue weighted by atomic mass is 79.9. The molecule has 4 aromatic rings. The Morgan fingerprint density at radius 3 is 1.90 bits per heavy atom. The van der Waals surface area contributed by atoms with E-state index in [1.807, 2.05) is 0 Å². The fourth-order valence-electron chi connectivity index (χ4n) is 3.02. The fourth-order valence-corrected chi connectivity index (χ4v) is 4.59. The summed E-state index contributed by atoms with van der Waals surface area (Å²) in [7, 11) is 0. The molecule has 0 fully saturated rings. The SMILES string of the molecule is Oc1c(Br)cc(-c2noc(C(O)(c3cccc(Cl)c3)c3cccc(Cl)c3)n2)cc1Br. The normalized spacial score (nSPS) is 11.6. The number of nitrogens with zero attached hydrogens (tertiary/aromatic N) is 2. The van der Waals surface area contributed by atoms with E-state index in [4.69, 9.17) is 27.7 Å². The van der Waals surface area contributed by atoms with E-state index in [0.717, 1.165) is 0 Å². The van der Waals surface area contributed by atoms with Crippen LogP contribution in [0.3, 0.4) is 0 Å². The molecule has 0 aliphatic carbocycles. The summed E-state index contributed by atoms with van der Waals surface area (Å²) < 4.78 is 6.41. The van der Waals surface area contributed by atoms with E-state index in [2.05, 4.69) is 42.0 Å². The van der Waals surface area contributed by atoms with Crippen molar-refractivity contribution in [2.24, 2.45) is 0 Å². The summed E-state index contributed by atoms with van der Waals surface area (Å²) >= 11 is 18.9. The molecular formula is C21H12Br2Cl2N2O3. The van der Waals surface area contributed by atoms with Crippen molar-refractivity contribution in [3.8, 4) is 17.1 Å². The number of benzene rings is 3. The summed E-state index contributed by atoms with van der Waals surface area (Å²) in [4.78, 5) is 4.44. The van der Waals surface area contributed by atoms with Crippen LogP contribution in [0.25, 0.3) is 11.4 Å². The largest absolute Gasteiger partial charge is 0.506 e. The number of halogens is 4. The van der Waals surface area contributed by atoms with Gasteiger partial charge in [-0.1, -0.05) is 52.6 Å². The van der Waals surface area contributed by atoms with Gasteiger partial charge in [0.2, 0.25) is 5.82 Å². The van der Waals surface area contributed by atoms with E-state index in [1.165, 1.54) is 0 Å². The zero-order valence-corrected chi connectivity index (χ0v) is 19.7. The summed E-state index contributed by atoms with van der Waals surface area (Å²) in [6.45, 7) is 0. The molecule has 4 rings (SSSR count). The second-order valence-electron chi connectivity index (χ2n) is 6.44. The lowest BCUT2D eigenvalue weighted by Crippen LogP contribution is -2.29. The van der Waals surface area contributed by atoms with Crippen LogP contribution in [0.2, 0.25) is 10.0 Å². The first-order chi connectivity index (χ1) is 14.3. The average Bonchev–Trinajstić information content (AvgIpc) is 3.22. The highest BCUT2D eigenvalue weighted by Crippen LogP contribution is 2.40. The quantitative estimate of drug-likeness (QED) is 0.290. The van der Waals surface area contributed by atoms with Crippen LogP contribution in [-0.4, -0.2) is 20.4 Å². The van der Waals surface area contributed by atoms with Crippen LogP contribution < -0.4 is 0 Å². The number of aromatic hydroxyl groups is 1. The number of aliphatic hydroxyl groups is 1. The molecule has 3 aromatic carbocycles. The molecule has 1 heterocycles. The summed E-state index contributed by atoms with van der Waals surface area (Å²) in [5.41, 5.74) is -0.325. The topological polar surface area (TPSA) is 79.4 Å². The summed E-state index contributed by atoms with van der Waals surface area (Å²) in [5.74, 6) is 0.230. The summed E-state index contributed by atoms with van der Waals surface area (Å²) in [6, 6.07) is 16.8. The zero-order valence-electron chi connectivity index (χ0n) is 15.0. The molecule has 0 radical (unpaired) electrons. The van der Waals surface area contributed by atoms with Gasteiger partial charge in [-0.15, -0.1) is 0 Å². The van der Waals surface area contributed by atoms with Gasteiger partial charge >= 0.3 is 0 Å². The van der Waals surface area contributed by atoms with Gasteiger partial charge in [0.15, 0.2) is 5.60 Å². The van der Waals surface area contributed by atoms with Crippen LogP contribution in [0.4, 0.5) is 0 Å². The number of phenolic OH excluding ortho intramolecular Hbond substituents is 1. The van der Waals surface area contributed by atoms with Crippen LogP contribution in [0.15, 0.2) is 74.1 Å². The Morgan fingerprint density at radius 1 is 0.867 bits per heavy atom. The van der Waals surface area contributed by atoms with Crippen molar-refractivity contribution >= 4 is 55.1 Å². The van der Waals surface area contributed by atoms with Crippen LogP contribution in [0.1, 0.15) is 17.0 Å². The molecule has 0 aliphatic heterocycles. The molecule has 152 valence electrons. The van der Waals surface area contributed by atoms with Gasteiger partial charge in [-0.2, -0.15) is 4.98 Å². The molecular weight excluding hydrogens is 559 g/mol. The Kier molecular flexibility index (Phi) is 5.92. The third kappa shape index (κ3) is 3.88. The molecule has 0 saturated carbocycles. The minimum absolute atomic E-state index is 0.0526. The Morgan fingerprint density at radius 2 is 1.40 bits per heavy atom. The van der Waals surface area contributed by atoms with Gasteiger partial charge in [-0.3, -0.25) is 0 Å². The molecule has 1 aromatic heterocycles. The van der Waals surface area contributed by atoms with Crippen LogP contribution in [-0.2, 0) is 5.60 Å². The highest BCUT2D eigenvalue weighted by Gasteiger charge is 2.40. The minimum Gasteiger partial charge on any atom is -0.506 e. The van der Waals surface area contributed by atoms with Crippen molar-refractivity contribution in [1.82, 2.24) is 10.1 Å². The van der Waals surface area contributed by atoms with Gasteiger partial charge in [0.1, 0.15) is 5.75 Å². The minimum atomic E-state index is -1.79. The standard InChI is InChI=1S/C21H12Br2Cl2N2O3/c22-16-7-11(8-17(23)18(16)28)19-26-20(30-27-19)21(29,12-3-1-5-14(24)9-12)13-4-2-6-15(25)10-13/h1-10,28-29H. The molecule has 5 nitrogen and oxygen atoms in total. The molecule has 0 saturated heterocycles. The average molecular weight is 571 g/mol.